The smallest absolute Gasteiger partial charge is 0.223 e. The van der Waals surface area contributed by atoms with Gasteiger partial charge in [-0.3, -0.25) is 9.69 Å². The lowest BCUT2D eigenvalue weighted by molar-refractivity contribution is -0.128. The van der Waals surface area contributed by atoms with Crippen molar-refractivity contribution >= 4 is 5.91 Å². The molecule has 2 saturated heterocycles. The molecule has 1 aromatic carbocycles. The maximum absolute atomic E-state index is 12.8. The number of nitrogens with one attached hydrogen (secondary N) is 1. The fraction of sp³-hybridized carbons (Fsp3) is 0.655. The van der Waals surface area contributed by atoms with Crippen LogP contribution in [0.3, 0.4) is 0 Å². The van der Waals surface area contributed by atoms with Gasteiger partial charge >= 0.3 is 0 Å². The molecule has 6 heteroatoms. The predicted octanol–water partition coefficient (Wildman–Crippen LogP) is 4.40. The molecule has 0 unspecified atom stereocenters. The van der Waals surface area contributed by atoms with Crippen LogP contribution in [0.4, 0.5) is 0 Å². The minimum absolute atomic E-state index is 0.111. The van der Waals surface area contributed by atoms with E-state index in [-0.39, 0.29) is 17.9 Å². The van der Waals surface area contributed by atoms with Crippen molar-refractivity contribution in [2.75, 3.05) is 20.1 Å². The predicted molar refractivity (Wildman–Crippen MR) is 138 cm³/mol. The molecular weight excluding hydrogens is 434 g/mol. The van der Waals surface area contributed by atoms with Crippen molar-refractivity contribution in [3.8, 4) is 0 Å². The van der Waals surface area contributed by atoms with Crippen LogP contribution in [0.1, 0.15) is 86.2 Å². The molecular formula is C29H41N5O. The highest BCUT2D eigenvalue weighted by Crippen LogP contribution is 2.43. The Bertz CT molecular complexity index is 1030. The highest BCUT2D eigenvalue weighted by Gasteiger charge is 2.42. The van der Waals surface area contributed by atoms with Crippen molar-refractivity contribution in [2.24, 2.45) is 5.92 Å². The summed E-state index contributed by atoms with van der Waals surface area (Å²) in [4.78, 5) is 23.0. The van der Waals surface area contributed by atoms with E-state index in [1.54, 1.807) is 0 Å². The molecule has 3 fully saturated rings. The molecule has 2 bridgehead atoms. The first kappa shape index (κ1) is 23.2. The fourth-order valence-electron chi connectivity index (χ4n) is 7.20. The summed E-state index contributed by atoms with van der Waals surface area (Å²) < 4.78 is 2.61. The van der Waals surface area contributed by atoms with E-state index in [4.69, 9.17) is 4.98 Å². The molecule has 4 aliphatic rings. The van der Waals surface area contributed by atoms with Crippen LogP contribution in [0, 0.1) is 12.8 Å². The maximum Gasteiger partial charge on any atom is 0.223 e. The number of hydrogen-bond acceptors (Lipinski definition) is 4. The van der Waals surface area contributed by atoms with E-state index in [1.807, 2.05) is 0 Å². The van der Waals surface area contributed by atoms with Crippen LogP contribution < -0.4 is 5.32 Å². The molecule has 3 aliphatic heterocycles. The van der Waals surface area contributed by atoms with Gasteiger partial charge in [-0.25, -0.2) is 4.98 Å². The Labute approximate surface area is 210 Å². The molecule has 1 N–H and O–H groups in total. The average molecular weight is 476 g/mol. The van der Waals surface area contributed by atoms with E-state index in [1.165, 1.54) is 54.9 Å². The summed E-state index contributed by atoms with van der Waals surface area (Å²) in [6.45, 7) is 5.43. The van der Waals surface area contributed by atoms with E-state index in [0.29, 0.717) is 18.1 Å². The van der Waals surface area contributed by atoms with Gasteiger partial charge in [0.25, 0.3) is 0 Å². The Morgan fingerprint density at radius 3 is 2.51 bits per heavy atom. The molecule has 1 aliphatic carbocycles. The Morgan fingerprint density at radius 1 is 1.09 bits per heavy atom. The molecule has 4 heterocycles. The van der Waals surface area contributed by atoms with Crippen LogP contribution >= 0.6 is 0 Å². The van der Waals surface area contributed by atoms with E-state index in [9.17, 15) is 4.79 Å². The molecule has 6 rings (SSSR count). The Hall–Kier alpha value is -2.18. The lowest BCUT2D eigenvalue weighted by Crippen LogP contribution is -2.45. The molecule has 35 heavy (non-hydrogen) atoms. The van der Waals surface area contributed by atoms with Crippen LogP contribution in [-0.4, -0.2) is 57.5 Å². The number of amides is 1. The third kappa shape index (κ3) is 4.55. The average Bonchev–Trinajstić information content (AvgIpc) is 3.26. The molecule has 4 atom stereocenters. The first-order chi connectivity index (χ1) is 17.1. The van der Waals surface area contributed by atoms with Gasteiger partial charge in [0.05, 0.1) is 17.4 Å². The number of likely N-dealkylation sites (N-methyl/N-ethyl adjacent to an activating group) is 1. The monoisotopic (exact) mass is 475 g/mol. The molecule has 2 aromatic rings. The van der Waals surface area contributed by atoms with Crippen molar-refractivity contribution in [2.45, 2.75) is 95.4 Å². The second-order valence-corrected chi connectivity index (χ2v) is 11.5. The summed E-state index contributed by atoms with van der Waals surface area (Å²) in [5.41, 5.74) is 4.05. The SMILES string of the molecule is Cc1nc2c(n1[C@H]1C[C@H]3CC[C@@H](C1)N3CC[C@H](NC(=O)C1CCC1)c1ccccc1)CN(C)CC2. The van der Waals surface area contributed by atoms with Gasteiger partial charge in [0, 0.05) is 50.1 Å². The normalized spacial score (nSPS) is 27.9. The molecule has 1 aromatic heterocycles. The third-order valence-electron chi connectivity index (χ3n) is 9.31. The Balaban J connectivity index is 1.14. The number of benzene rings is 1. The molecule has 1 saturated carbocycles. The largest absolute Gasteiger partial charge is 0.349 e. The zero-order valence-electron chi connectivity index (χ0n) is 21.5. The zero-order valence-corrected chi connectivity index (χ0v) is 21.5. The Morgan fingerprint density at radius 2 is 1.83 bits per heavy atom. The highest BCUT2D eigenvalue weighted by molar-refractivity contribution is 5.79. The molecule has 6 nitrogen and oxygen atoms in total. The number of hydrogen-bond donors (Lipinski definition) is 1. The molecule has 0 radical (unpaired) electrons. The van der Waals surface area contributed by atoms with Gasteiger partial charge in [-0.1, -0.05) is 36.8 Å². The van der Waals surface area contributed by atoms with Gasteiger partial charge in [0.2, 0.25) is 5.91 Å². The third-order valence-corrected chi connectivity index (χ3v) is 9.31. The summed E-state index contributed by atoms with van der Waals surface area (Å²) in [6.07, 6.45) is 10.5. The van der Waals surface area contributed by atoms with Crippen LogP contribution in [-0.2, 0) is 17.8 Å². The topological polar surface area (TPSA) is 53.4 Å². The van der Waals surface area contributed by atoms with Gasteiger partial charge in [0.15, 0.2) is 0 Å². The first-order valence-corrected chi connectivity index (χ1v) is 13.9. The van der Waals surface area contributed by atoms with Gasteiger partial charge in [-0.2, -0.15) is 0 Å². The summed E-state index contributed by atoms with van der Waals surface area (Å²) in [5.74, 6) is 1.71. The number of carbonyl (C=O) groups excluding carboxylic acids is 1. The number of aromatic nitrogens is 2. The maximum atomic E-state index is 12.8. The van der Waals surface area contributed by atoms with E-state index in [0.717, 1.165) is 45.3 Å². The van der Waals surface area contributed by atoms with Crippen LogP contribution in [0.25, 0.3) is 0 Å². The number of fused-ring (bicyclic) bond motifs is 3. The number of piperidine rings is 1. The summed E-state index contributed by atoms with van der Waals surface area (Å²) in [5, 5.41) is 3.42. The van der Waals surface area contributed by atoms with Crippen molar-refractivity contribution < 1.29 is 4.79 Å². The minimum atomic E-state index is 0.111. The molecule has 1 amide bonds. The van der Waals surface area contributed by atoms with E-state index in [2.05, 4.69) is 64.0 Å². The van der Waals surface area contributed by atoms with Crippen LogP contribution in [0.5, 0.6) is 0 Å². The van der Waals surface area contributed by atoms with Gasteiger partial charge in [-0.05, 0) is 64.5 Å². The second kappa shape index (κ2) is 9.70. The number of nitrogens with zero attached hydrogens (tertiary/aromatic N) is 4. The number of rotatable bonds is 7. The number of imidazole rings is 1. The standard InChI is InChI=1S/C29H41N5O/c1-20-30-27-13-15-32(2)19-28(27)34(20)25-17-23-11-12-24(18-25)33(23)16-14-26(21-7-4-3-5-8-21)31-29(35)22-9-6-10-22/h3-5,7-8,22-26H,6,9-19H2,1-2H3,(H,31,35)/t23-,24+,25+,26-/m0/s1. The number of aryl methyl sites for hydroxylation is 1. The molecule has 188 valence electrons. The molecule has 0 spiro atoms. The van der Waals surface area contributed by atoms with E-state index < -0.39 is 0 Å². The lowest BCUT2D eigenvalue weighted by atomic mass is 9.84. The summed E-state index contributed by atoms with van der Waals surface area (Å²) in [6, 6.07) is 12.6. The number of carbonyl (C=O) groups is 1. The van der Waals surface area contributed by atoms with Gasteiger partial charge < -0.3 is 14.8 Å². The van der Waals surface area contributed by atoms with E-state index >= 15 is 0 Å². The van der Waals surface area contributed by atoms with Gasteiger partial charge in [0.1, 0.15) is 5.82 Å². The summed E-state index contributed by atoms with van der Waals surface area (Å²) in [7, 11) is 2.23. The highest BCUT2D eigenvalue weighted by atomic mass is 16.2. The van der Waals surface area contributed by atoms with Crippen molar-refractivity contribution in [1.82, 2.24) is 24.7 Å². The minimum Gasteiger partial charge on any atom is -0.349 e. The van der Waals surface area contributed by atoms with Crippen molar-refractivity contribution in [3.63, 3.8) is 0 Å². The zero-order chi connectivity index (χ0) is 23.9. The lowest BCUT2D eigenvalue weighted by Gasteiger charge is -2.41. The van der Waals surface area contributed by atoms with Crippen LogP contribution in [0.15, 0.2) is 30.3 Å². The first-order valence-electron chi connectivity index (χ1n) is 13.9. The second-order valence-electron chi connectivity index (χ2n) is 11.5. The van der Waals surface area contributed by atoms with Gasteiger partial charge in [-0.15, -0.1) is 0 Å². The Kier molecular flexibility index (Phi) is 6.44. The van der Waals surface area contributed by atoms with Crippen molar-refractivity contribution in [1.29, 1.82) is 0 Å². The fourth-order valence-corrected chi connectivity index (χ4v) is 7.20. The van der Waals surface area contributed by atoms with Crippen molar-refractivity contribution in [3.05, 3.63) is 53.1 Å². The quantitative estimate of drug-likeness (QED) is 0.645. The van der Waals surface area contributed by atoms with Crippen LogP contribution in [0.2, 0.25) is 0 Å². The summed E-state index contributed by atoms with van der Waals surface area (Å²) >= 11 is 0.